The zero-order valence-corrected chi connectivity index (χ0v) is 19.4. The Morgan fingerprint density at radius 1 is 0.964 bits per heavy atom. The molecule has 0 saturated heterocycles. The summed E-state index contributed by atoms with van der Waals surface area (Å²) < 4.78 is 9.26. The summed E-state index contributed by atoms with van der Waals surface area (Å²) in [5.74, 6) is 4.87. The molecular weight excluding hydrogens is 340 g/mol. The van der Waals surface area contributed by atoms with Crippen LogP contribution in [-0.4, -0.2) is 5.78 Å². The van der Waals surface area contributed by atoms with Crippen molar-refractivity contribution in [3.8, 4) is 0 Å². The van der Waals surface area contributed by atoms with Crippen LogP contribution in [0.15, 0.2) is 0 Å². The molecule has 8 atom stereocenters. The molecule has 4 fully saturated rings. The first-order valence-electron chi connectivity index (χ1n) is 13.1. The van der Waals surface area contributed by atoms with Crippen molar-refractivity contribution in [3.63, 3.8) is 0 Å². The molecule has 0 aliphatic heterocycles. The average Bonchev–Trinajstić information content (AvgIpc) is 2.99. The Labute approximate surface area is 176 Å². The lowest BCUT2D eigenvalue weighted by molar-refractivity contribution is -0.140. The van der Waals surface area contributed by atoms with E-state index in [1.807, 2.05) is 0 Å². The number of rotatable bonds is 5. The Hall–Kier alpha value is -0.330. The number of hydrogen-bond donors (Lipinski definition) is 0. The van der Waals surface area contributed by atoms with Gasteiger partial charge in [-0.05, 0) is 97.2 Å². The van der Waals surface area contributed by atoms with E-state index in [1.165, 1.54) is 51.4 Å². The Morgan fingerprint density at radius 3 is 2.46 bits per heavy atom. The number of hydrogen-bond acceptors (Lipinski definition) is 1. The summed E-state index contributed by atoms with van der Waals surface area (Å²) in [4.78, 5) is 12.2. The van der Waals surface area contributed by atoms with Crippen LogP contribution in [0.4, 0.5) is 0 Å². The standard InChI is InChI=1S/C27H46O/c1-18(2)7-6-8-19(3)23-11-12-24-22-10-9-20-17-21(28)13-15-26(20,4)25(22)14-16-27(23,24)5/h18-20,22-25H,6-17H2,1-5H3/t19-,20-,22+,23-,24+,25+,26+,27-/m1/s1/i20T. The van der Waals surface area contributed by atoms with Crippen LogP contribution in [0.2, 0.25) is 0 Å². The van der Waals surface area contributed by atoms with Gasteiger partial charge in [-0.1, -0.05) is 53.9 Å². The Kier molecular flexibility index (Phi) is 5.42. The van der Waals surface area contributed by atoms with Crippen molar-refractivity contribution in [1.29, 1.82) is 0 Å². The lowest BCUT2D eigenvalue weighted by atomic mass is 9.44. The third kappa shape index (κ3) is 3.41. The summed E-state index contributed by atoms with van der Waals surface area (Å²) in [6.45, 7) is 12.3. The molecule has 4 aliphatic rings. The minimum absolute atomic E-state index is 0.0755. The fourth-order valence-electron chi connectivity index (χ4n) is 8.77. The van der Waals surface area contributed by atoms with Crippen LogP contribution in [-0.2, 0) is 4.79 Å². The number of carbonyl (C=O) groups excluding carboxylic acids is 1. The van der Waals surface area contributed by atoms with Crippen molar-refractivity contribution in [3.05, 3.63) is 0 Å². The lowest BCUT2D eigenvalue weighted by Crippen LogP contribution is -2.53. The van der Waals surface area contributed by atoms with E-state index < -0.39 is 5.89 Å². The average molecular weight is 389 g/mol. The Morgan fingerprint density at radius 2 is 1.71 bits per heavy atom. The zero-order chi connectivity index (χ0) is 21.0. The third-order valence-corrected chi connectivity index (χ3v) is 10.4. The van der Waals surface area contributed by atoms with Gasteiger partial charge in [-0.15, -0.1) is 0 Å². The molecule has 0 radical (unpaired) electrons. The minimum atomic E-state index is -0.473. The summed E-state index contributed by atoms with van der Waals surface area (Å²) in [6, 6.07) is 0. The molecule has 0 aromatic heterocycles. The van der Waals surface area contributed by atoms with E-state index in [9.17, 15) is 6.17 Å². The van der Waals surface area contributed by atoms with Crippen LogP contribution in [0.3, 0.4) is 0 Å². The molecule has 160 valence electrons. The van der Waals surface area contributed by atoms with Gasteiger partial charge in [-0.3, -0.25) is 4.79 Å². The maximum Gasteiger partial charge on any atom is 0.133 e. The second-order valence-electron chi connectivity index (χ2n) is 12.2. The normalized spacial score (nSPS) is 49.9. The molecule has 28 heavy (non-hydrogen) atoms. The van der Waals surface area contributed by atoms with Gasteiger partial charge in [0.15, 0.2) is 0 Å². The van der Waals surface area contributed by atoms with E-state index in [0.717, 1.165) is 48.9 Å². The molecule has 0 spiro atoms. The monoisotopic (exact) mass is 388 g/mol. The molecular formula is C27H46O. The molecule has 1 heteroatoms. The van der Waals surface area contributed by atoms with E-state index in [2.05, 4.69) is 34.6 Å². The largest absolute Gasteiger partial charge is 0.300 e. The molecule has 0 heterocycles. The van der Waals surface area contributed by atoms with Gasteiger partial charge in [-0.2, -0.15) is 0 Å². The number of fused-ring (bicyclic) bond motifs is 5. The molecule has 0 unspecified atom stereocenters. The third-order valence-electron chi connectivity index (χ3n) is 10.4. The smallest absolute Gasteiger partial charge is 0.133 e. The summed E-state index contributed by atoms with van der Waals surface area (Å²) in [7, 11) is 0. The van der Waals surface area contributed by atoms with E-state index in [4.69, 9.17) is 0 Å². The van der Waals surface area contributed by atoms with Gasteiger partial charge < -0.3 is 0 Å². The molecule has 1 nitrogen and oxygen atoms in total. The highest BCUT2D eigenvalue weighted by atomic mass is 16.1. The first-order valence-corrected chi connectivity index (χ1v) is 12.6. The van der Waals surface area contributed by atoms with E-state index in [1.54, 1.807) is 0 Å². The van der Waals surface area contributed by atoms with Crippen LogP contribution in [0.1, 0.15) is 113 Å². The molecule has 0 bridgehead atoms. The Balaban J connectivity index is 1.50. The molecule has 0 amide bonds. The highest BCUT2D eigenvalue weighted by Crippen LogP contribution is 2.68. The first-order chi connectivity index (χ1) is 13.6. The minimum Gasteiger partial charge on any atom is -0.300 e. The molecule has 4 saturated carbocycles. The van der Waals surface area contributed by atoms with Crippen molar-refractivity contribution in [2.24, 2.45) is 52.2 Å². The number of ketones is 1. The van der Waals surface area contributed by atoms with E-state index in [-0.39, 0.29) is 5.41 Å². The van der Waals surface area contributed by atoms with Crippen molar-refractivity contribution >= 4 is 5.78 Å². The summed E-state index contributed by atoms with van der Waals surface area (Å²) in [6.07, 6.45) is 14.2. The first kappa shape index (κ1) is 19.6. The van der Waals surface area contributed by atoms with Gasteiger partial charge in [0.05, 0.1) is 0 Å². The quantitative estimate of drug-likeness (QED) is 0.472. The highest BCUT2D eigenvalue weighted by molar-refractivity contribution is 5.79. The summed E-state index contributed by atoms with van der Waals surface area (Å²) >= 11 is 0. The van der Waals surface area contributed by atoms with Crippen molar-refractivity contribution in [1.82, 2.24) is 0 Å². The maximum absolute atomic E-state index is 12.2. The van der Waals surface area contributed by atoms with E-state index >= 15 is 0 Å². The predicted octanol–water partition coefficient (Wildman–Crippen LogP) is 7.68. The van der Waals surface area contributed by atoms with Crippen LogP contribution in [0.5, 0.6) is 0 Å². The fourth-order valence-corrected chi connectivity index (χ4v) is 8.77. The molecule has 0 aromatic carbocycles. The van der Waals surface area contributed by atoms with Gasteiger partial charge >= 0.3 is 0 Å². The zero-order valence-electron chi connectivity index (χ0n) is 20.4. The van der Waals surface area contributed by atoms with Crippen molar-refractivity contribution < 1.29 is 6.17 Å². The maximum atomic E-state index is 12.2. The molecule has 0 aromatic rings. The van der Waals surface area contributed by atoms with E-state index in [0.29, 0.717) is 23.5 Å². The van der Waals surface area contributed by atoms with Gasteiger partial charge in [0.1, 0.15) is 5.78 Å². The van der Waals surface area contributed by atoms with Gasteiger partial charge in [-0.25, -0.2) is 0 Å². The SMILES string of the molecule is [3H][C@]12CC[C@H]3[C@@H]4CC[C@H]([C@H](C)CCCC(C)C)[C@@]4(C)CC[C@@H]3[C@@]1(C)CCC(=O)C2. The molecule has 0 N–H and O–H groups in total. The lowest BCUT2D eigenvalue weighted by Gasteiger charge is -2.60. The number of Topliss-reactive ketones (excluding diaryl/α,β-unsaturated/α-hetero) is 1. The van der Waals surface area contributed by atoms with Crippen LogP contribution in [0.25, 0.3) is 0 Å². The second kappa shape index (κ2) is 7.73. The fraction of sp³-hybridized carbons (Fsp3) is 0.963. The van der Waals surface area contributed by atoms with Crippen molar-refractivity contribution in [2.75, 3.05) is 0 Å². The Bertz CT molecular complexity index is 628. The van der Waals surface area contributed by atoms with Gasteiger partial charge in [0.25, 0.3) is 0 Å². The van der Waals surface area contributed by atoms with Crippen LogP contribution in [0, 0.1) is 52.2 Å². The molecule has 4 aliphatic carbocycles. The summed E-state index contributed by atoms with van der Waals surface area (Å²) in [5.41, 5.74) is 0.605. The molecule has 4 rings (SSSR count). The predicted molar refractivity (Wildman–Crippen MR) is 118 cm³/mol. The van der Waals surface area contributed by atoms with Crippen LogP contribution >= 0.6 is 0 Å². The van der Waals surface area contributed by atoms with Gasteiger partial charge in [0, 0.05) is 14.2 Å². The van der Waals surface area contributed by atoms with Gasteiger partial charge in [0.2, 0.25) is 0 Å². The highest BCUT2D eigenvalue weighted by Gasteiger charge is 2.60. The van der Waals surface area contributed by atoms with Crippen molar-refractivity contribution in [2.45, 2.75) is 112 Å². The topological polar surface area (TPSA) is 17.1 Å². The summed E-state index contributed by atoms with van der Waals surface area (Å²) in [5, 5.41) is 0. The number of carbonyl (C=O) groups is 1. The second-order valence-corrected chi connectivity index (χ2v) is 12.2. The van der Waals surface area contributed by atoms with Crippen LogP contribution < -0.4 is 0 Å².